The van der Waals surface area contributed by atoms with E-state index in [1.165, 1.54) is 6.92 Å². The lowest BCUT2D eigenvalue weighted by Crippen LogP contribution is -2.37. The van der Waals surface area contributed by atoms with Crippen molar-refractivity contribution in [1.29, 1.82) is 0 Å². The van der Waals surface area contributed by atoms with Crippen LogP contribution in [0.5, 0.6) is 0 Å². The number of nitrogens with zero attached hydrogens (tertiary/aromatic N) is 1. The molecule has 32 heavy (non-hydrogen) atoms. The third kappa shape index (κ3) is 5.18. The van der Waals surface area contributed by atoms with Gasteiger partial charge in [0.1, 0.15) is 0 Å². The summed E-state index contributed by atoms with van der Waals surface area (Å²) in [6.45, 7) is 4.18. The Morgan fingerprint density at radius 2 is 1.66 bits per heavy atom. The van der Waals surface area contributed by atoms with Gasteiger partial charge in [0, 0.05) is 47.2 Å². The number of Topliss-reactive ketones (excluding diaryl/α,β-unsaturated/α-hetero) is 1. The molecule has 1 heterocycles. The Labute approximate surface area is 188 Å². The van der Waals surface area contributed by atoms with Gasteiger partial charge in [0.05, 0.1) is 25.4 Å². The zero-order chi connectivity index (χ0) is 22.7. The maximum atomic E-state index is 13.2. The van der Waals surface area contributed by atoms with Gasteiger partial charge in [-0.3, -0.25) is 9.59 Å². The number of ether oxygens (including phenoxy) is 1. The van der Waals surface area contributed by atoms with E-state index in [1.54, 1.807) is 30.3 Å². The van der Waals surface area contributed by atoms with Crippen LogP contribution in [0.15, 0.2) is 42.5 Å². The lowest BCUT2D eigenvalue weighted by molar-refractivity contribution is 0.0352. The van der Waals surface area contributed by atoms with Crippen LogP contribution in [0.3, 0.4) is 0 Å². The van der Waals surface area contributed by atoms with Crippen LogP contribution in [-0.2, 0) is 4.74 Å². The molecule has 2 unspecified atom stereocenters. The van der Waals surface area contributed by atoms with Crippen LogP contribution in [0, 0.1) is 0 Å². The number of carbonyl (C=O) groups excluding carboxylic acids is 2. The van der Waals surface area contributed by atoms with E-state index in [1.807, 2.05) is 12.1 Å². The summed E-state index contributed by atoms with van der Waals surface area (Å²) in [4.78, 5) is 27.7. The summed E-state index contributed by atoms with van der Waals surface area (Å²) in [5.41, 5.74) is 3.12. The molecule has 0 aromatic heterocycles. The fourth-order valence-corrected chi connectivity index (χ4v) is 4.57. The van der Waals surface area contributed by atoms with Gasteiger partial charge in [-0.1, -0.05) is 12.1 Å². The minimum absolute atomic E-state index is 0.0591. The Morgan fingerprint density at radius 3 is 2.34 bits per heavy atom. The molecular formula is C25H30N2O5. The first kappa shape index (κ1) is 22.5. The molecule has 1 saturated carbocycles. The Bertz CT molecular complexity index is 976. The number of ketones is 2. The van der Waals surface area contributed by atoms with Gasteiger partial charge in [0.15, 0.2) is 11.6 Å². The van der Waals surface area contributed by atoms with Crippen molar-refractivity contribution in [1.82, 2.24) is 0 Å². The highest BCUT2D eigenvalue weighted by Crippen LogP contribution is 2.27. The van der Waals surface area contributed by atoms with Crippen molar-refractivity contribution < 1.29 is 24.5 Å². The SMILES string of the molecule is CC(=O)c1cc(C(=O)c2cccc(NC3CC(O)CC(O)C3)c2)ccc1N1CCOCC1. The van der Waals surface area contributed by atoms with E-state index in [2.05, 4.69) is 10.2 Å². The molecule has 1 aliphatic carbocycles. The number of benzene rings is 2. The molecule has 0 amide bonds. The van der Waals surface area contributed by atoms with E-state index in [0.29, 0.717) is 62.3 Å². The van der Waals surface area contributed by atoms with Crippen molar-refractivity contribution in [3.8, 4) is 0 Å². The number of carbonyl (C=O) groups is 2. The fourth-order valence-electron chi connectivity index (χ4n) is 4.57. The van der Waals surface area contributed by atoms with Gasteiger partial charge < -0.3 is 25.2 Å². The molecule has 1 saturated heterocycles. The highest BCUT2D eigenvalue weighted by Gasteiger charge is 2.26. The zero-order valence-electron chi connectivity index (χ0n) is 18.3. The quantitative estimate of drug-likeness (QED) is 0.597. The Morgan fingerprint density at radius 1 is 0.969 bits per heavy atom. The second-order valence-corrected chi connectivity index (χ2v) is 8.65. The van der Waals surface area contributed by atoms with E-state index < -0.39 is 12.2 Å². The molecule has 2 aromatic rings. The third-order valence-corrected chi connectivity index (χ3v) is 6.14. The second kappa shape index (κ2) is 9.81. The molecule has 2 aliphatic rings. The topological polar surface area (TPSA) is 99.1 Å². The number of hydrogen-bond acceptors (Lipinski definition) is 7. The molecule has 7 nitrogen and oxygen atoms in total. The molecule has 170 valence electrons. The summed E-state index contributed by atoms with van der Waals surface area (Å²) in [7, 11) is 0. The first-order valence-electron chi connectivity index (χ1n) is 11.2. The molecule has 0 bridgehead atoms. The van der Waals surface area contributed by atoms with Crippen molar-refractivity contribution in [2.45, 2.75) is 44.4 Å². The fraction of sp³-hybridized carbons (Fsp3) is 0.440. The molecule has 7 heteroatoms. The van der Waals surface area contributed by atoms with Crippen molar-refractivity contribution >= 4 is 22.9 Å². The number of nitrogens with one attached hydrogen (secondary N) is 1. The summed E-state index contributed by atoms with van der Waals surface area (Å²) in [6.07, 6.45) is 0.447. The monoisotopic (exact) mass is 438 g/mol. The summed E-state index contributed by atoms with van der Waals surface area (Å²) in [5.74, 6) is -0.237. The molecule has 2 atom stereocenters. The highest BCUT2D eigenvalue weighted by atomic mass is 16.5. The predicted octanol–water partition coefficient (Wildman–Crippen LogP) is 2.64. The standard InChI is InChI=1S/C25H30N2O5/c1-16(28)23-12-18(5-6-24(23)27-7-9-32-10-8-27)25(31)17-3-2-4-19(11-17)26-20-13-21(29)15-22(30)14-20/h2-6,11-12,20-22,26,29-30H,7-10,13-15H2,1H3. The summed E-state index contributed by atoms with van der Waals surface area (Å²) in [5, 5.41) is 23.2. The van der Waals surface area contributed by atoms with Crippen LogP contribution >= 0.6 is 0 Å². The number of anilines is 2. The zero-order valence-corrected chi connectivity index (χ0v) is 18.3. The average Bonchev–Trinajstić information content (AvgIpc) is 2.78. The van der Waals surface area contributed by atoms with Crippen LogP contribution in [-0.4, -0.2) is 66.3 Å². The van der Waals surface area contributed by atoms with E-state index in [4.69, 9.17) is 4.74 Å². The third-order valence-electron chi connectivity index (χ3n) is 6.14. The minimum Gasteiger partial charge on any atom is -0.393 e. The molecule has 4 rings (SSSR count). The number of morpholine rings is 1. The van der Waals surface area contributed by atoms with E-state index in [-0.39, 0.29) is 17.6 Å². The van der Waals surface area contributed by atoms with Crippen LogP contribution in [0.2, 0.25) is 0 Å². The molecule has 2 aromatic carbocycles. The lowest BCUT2D eigenvalue weighted by Gasteiger charge is -2.31. The van der Waals surface area contributed by atoms with Crippen LogP contribution in [0.25, 0.3) is 0 Å². The smallest absolute Gasteiger partial charge is 0.193 e. The molecule has 3 N–H and O–H groups in total. The summed E-state index contributed by atoms with van der Waals surface area (Å²) >= 11 is 0. The number of hydrogen-bond donors (Lipinski definition) is 3. The van der Waals surface area contributed by atoms with Crippen molar-refractivity contribution in [3.63, 3.8) is 0 Å². The van der Waals surface area contributed by atoms with E-state index in [0.717, 1.165) is 11.4 Å². The van der Waals surface area contributed by atoms with Crippen molar-refractivity contribution in [2.24, 2.45) is 0 Å². The predicted molar refractivity (Wildman–Crippen MR) is 123 cm³/mol. The maximum absolute atomic E-state index is 13.2. The van der Waals surface area contributed by atoms with Crippen molar-refractivity contribution in [2.75, 3.05) is 36.5 Å². The number of aliphatic hydroxyl groups is 2. The molecule has 1 aliphatic heterocycles. The molecule has 0 spiro atoms. The Kier molecular flexibility index (Phi) is 6.89. The second-order valence-electron chi connectivity index (χ2n) is 8.65. The van der Waals surface area contributed by atoms with E-state index in [9.17, 15) is 19.8 Å². The average molecular weight is 439 g/mol. The molecular weight excluding hydrogens is 408 g/mol. The van der Waals surface area contributed by atoms with Gasteiger partial charge >= 0.3 is 0 Å². The normalized spacial score (nSPS) is 23.6. The molecule has 0 radical (unpaired) electrons. The highest BCUT2D eigenvalue weighted by molar-refractivity contribution is 6.11. The van der Waals surface area contributed by atoms with Crippen LogP contribution < -0.4 is 10.2 Å². The van der Waals surface area contributed by atoms with Crippen LogP contribution in [0.1, 0.15) is 52.5 Å². The van der Waals surface area contributed by atoms with Gasteiger partial charge in [0.25, 0.3) is 0 Å². The molecule has 2 fully saturated rings. The van der Waals surface area contributed by atoms with Crippen LogP contribution in [0.4, 0.5) is 11.4 Å². The first-order chi connectivity index (χ1) is 15.4. The summed E-state index contributed by atoms with van der Waals surface area (Å²) in [6, 6.07) is 12.4. The van der Waals surface area contributed by atoms with Gasteiger partial charge in [-0.2, -0.15) is 0 Å². The van der Waals surface area contributed by atoms with Gasteiger partial charge in [-0.15, -0.1) is 0 Å². The van der Waals surface area contributed by atoms with Gasteiger partial charge in [0.2, 0.25) is 0 Å². The van der Waals surface area contributed by atoms with Gasteiger partial charge in [-0.25, -0.2) is 0 Å². The maximum Gasteiger partial charge on any atom is 0.193 e. The number of aliphatic hydroxyl groups excluding tert-OH is 2. The first-order valence-corrected chi connectivity index (χ1v) is 11.2. The van der Waals surface area contributed by atoms with Crippen molar-refractivity contribution in [3.05, 3.63) is 59.2 Å². The number of rotatable bonds is 6. The summed E-state index contributed by atoms with van der Waals surface area (Å²) < 4.78 is 5.40. The minimum atomic E-state index is -0.531. The Balaban J connectivity index is 1.54. The van der Waals surface area contributed by atoms with E-state index >= 15 is 0 Å². The lowest BCUT2D eigenvalue weighted by atomic mass is 9.90. The largest absolute Gasteiger partial charge is 0.393 e. The Hall–Kier alpha value is -2.74. The van der Waals surface area contributed by atoms with Gasteiger partial charge in [-0.05, 0) is 56.5 Å².